The molecule has 0 aromatic heterocycles. The van der Waals surface area contributed by atoms with Crippen LogP contribution in [-0.2, 0) is 0 Å². The van der Waals surface area contributed by atoms with Gasteiger partial charge in [0.15, 0.2) is 16.4 Å². The van der Waals surface area contributed by atoms with Crippen molar-refractivity contribution in [1.82, 2.24) is 0 Å². The van der Waals surface area contributed by atoms with Gasteiger partial charge >= 0.3 is 5.69 Å². The molecule has 0 spiro atoms. The number of nitrogens with zero attached hydrogens (tertiary/aromatic N) is 1. The molecule has 0 atom stereocenters. The second-order valence-corrected chi connectivity index (χ2v) is 3.90. The summed E-state index contributed by atoms with van der Waals surface area (Å²) in [5.41, 5.74) is -0.232. The Kier molecular flexibility index (Phi) is 4.09. The number of alkyl halides is 2. The number of carbonyl (C=O) groups excluding carboxylic acids is 1. The van der Waals surface area contributed by atoms with Crippen molar-refractivity contribution < 1.29 is 14.5 Å². The number of nitro benzene ring substituents is 1. The maximum atomic E-state index is 11.4. The number of hydrogen-bond acceptors (Lipinski definition) is 4. The average molecular weight is 264 g/mol. The largest absolute Gasteiger partial charge is 0.490 e. The zero-order valence-electron chi connectivity index (χ0n) is 8.15. The van der Waals surface area contributed by atoms with Gasteiger partial charge in [-0.1, -0.05) is 23.2 Å². The maximum Gasteiger partial charge on any atom is 0.311 e. The molecule has 0 saturated carbocycles. The molecule has 0 aliphatic heterocycles. The van der Waals surface area contributed by atoms with Crippen LogP contribution in [0.5, 0.6) is 5.75 Å². The topological polar surface area (TPSA) is 69.4 Å². The van der Waals surface area contributed by atoms with Gasteiger partial charge in [-0.15, -0.1) is 0 Å². The fourth-order valence-corrected chi connectivity index (χ4v) is 1.36. The third kappa shape index (κ3) is 2.62. The van der Waals surface area contributed by atoms with Gasteiger partial charge in [-0.05, 0) is 12.1 Å². The van der Waals surface area contributed by atoms with Gasteiger partial charge < -0.3 is 4.74 Å². The molecular weight excluding hydrogens is 257 g/mol. The number of rotatable bonds is 4. The summed E-state index contributed by atoms with van der Waals surface area (Å²) in [5.74, 6) is -0.517. The van der Waals surface area contributed by atoms with E-state index < -0.39 is 15.5 Å². The first kappa shape index (κ1) is 12.7. The van der Waals surface area contributed by atoms with Crippen molar-refractivity contribution in [2.24, 2.45) is 0 Å². The second-order valence-electron chi connectivity index (χ2n) is 2.81. The summed E-state index contributed by atoms with van der Waals surface area (Å²) in [6.45, 7) is 0. The standard InChI is InChI=1S/C9H7Cl2NO4/c1-16-7-3-2-5(8(13)9(10)11)4-6(7)12(14)15/h2-4,9H,1H3. The summed E-state index contributed by atoms with van der Waals surface area (Å²) < 4.78 is 4.78. The Morgan fingerprint density at radius 3 is 2.56 bits per heavy atom. The zero-order valence-corrected chi connectivity index (χ0v) is 9.66. The minimum absolute atomic E-state index is 0.0715. The molecule has 1 aromatic rings. The molecule has 7 heteroatoms. The highest BCUT2D eigenvalue weighted by atomic mass is 35.5. The fourth-order valence-electron chi connectivity index (χ4n) is 1.11. The first-order valence-electron chi connectivity index (χ1n) is 4.12. The lowest BCUT2D eigenvalue weighted by Crippen LogP contribution is -2.08. The summed E-state index contributed by atoms with van der Waals surface area (Å²) >= 11 is 10.8. The number of benzene rings is 1. The van der Waals surface area contributed by atoms with Crippen LogP contribution in [0.4, 0.5) is 5.69 Å². The van der Waals surface area contributed by atoms with E-state index in [1.165, 1.54) is 19.2 Å². The molecular formula is C9H7Cl2NO4. The van der Waals surface area contributed by atoms with Crippen molar-refractivity contribution in [3.63, 3.8) is 0 Å². The van der Waals surface area contributed by atoms with Gasteiger partial charge in [-0.25, -0.2) is 0 Å². The minimum atomic E-state index is -1.24. The highest BCUT2D eigenvalue weighted by Crippen LogP contribution is 2.28. The predicted octanol–water partition coefficient (Wildman–Crippen LogP) is 2.59. The van der Waals surface area contributed by atoms with Crippen LogP contribution in [0.25, 0.3) is 0 Å². The maximum absolute atomic E-state index is 11.4. The summed E-state index contributed by atoms with van der Waals surface area (Å²) in [4.78, 5) is 20.2. The van der Waals surface area contributed by atoms with Crippen LogP contribution in [0.15, 0.2) is 18.2 Å². The SMILES string of the molecule is COc1ccc(C(=O)C(Cl)Cl)cc1[N+](=O)[O-]. The Balaban J connectivity index is 3.22. The number of carbonyl (C=O) groups is 1. The molecule has 0 bridgehead atoms. The lowest BCUT2D eigenvalue weighted by atomic mass is 10.1. The van der Waals surface area contributed by atoms with Crippen molar-refractivity contribution in [3.05, 3.63) is 33.9 Å². The molecule has 0 aliphatic carbocycles. The Morgan fingerprint density at radius 1 is 1.50 bits per heavy atom. The van der Waals surface area contributed by atoms with E-state index in [1.54, 1.807) is 0 Å². The number of halogens is 2. The lowest BCUT2D eigenvalue weighted by Gasteiger charge is -2.04. The summed E-state index contributed by atoms with van der Waals surface area (Å²) in [6.07, 6.45) is 0. The molecule has 0 heterocycles. The fraction of sp³-hybridized carbons (Fsp3) is 0.222. The summed E-state index contributed by atoms with van der Waals surface area (Å²) in [5, 5.41) is 10.7. The number of nitro groups is 1. The molecule has 0 amide bonds. The molecule has 0 radical (unpaired) electrons. The highest BCUT2D eigenvalue weighted by Gasteiger charge is 2.21. The number of methoxy groups -OCH3 is 1. The van der Waals surface area contributed by atoms with Gasteiger partial charge in [0.2, 0.25) is 0 Å². The second kappa shape index (κ2) is 5.14. The van der Waals surface area contributed by atoms with E-state index in [2.05, 4.69) is 0 Å². The normalized spacial score (nSPS) is 10.2. The van der Waals surface area contributed by atoms with E-state index >= 15 is 0 Å². The molecule has 5 nitrogen and oxygen atoms in total. The Labute approximate surface area is 101 Å². The van der Waals surface area contributed by atoms with Crippen LogP contribution >= 0.6 is 23.2 Å². The van der Waals surface area contributed by atoms with Crippen molar-refractivity contribution in [2.75, 3.05) is 7.11 Å². The smallest absolute Gasteiger partial charge is 0.311 e. The van der Waals surface area contributed by atoms with Crippen LogP contribution in [0.1, 0.15) is 10.4 Å². The van der Waals surface area contributed by atoms with Crippen molar-refractivity contribution >= 4 is 34.7 Å². The molecule has 0 fully saturated rings. The molecule has 16 heavy (non-hydrogen) atoms. The van der Waals surface area contributed by atoms with Gasteiger partial charge in [-0.2, -0.15) is 0 Å². The highest BCUT2D eigenvalue weighted by molar-refractivity contribution is 6.55. The van der Waals surface area contributed by atoms with E-state index in [0.717, 1.165) is 6.07 Å². The molecule has 0 unspecified atom stereocenters. The van der Waals surface area contributed by atoms with Gasteiger partial charge in [-0.3, -0.25) is 14.9 Å². The van der Waals surface area contributed by atoms with Crippen molar-refractivity contribution in [2.45, 2.75) is 4.84 Å². The van der Waals surface area contributed by atoms with Gasteiger partial charge in [0.05, 0.1) is 12.0 Å². The first-order chi connectivity index (χ1) is 7.47. The van der Waals surface area contributed by atoms with Crippen molar-refractivity contribution in [1.29, 1.82) is 0 Å². The van der Waals surface area contributed by atoms with Crippen molar-refractivity contribution in [3.8, 4) is 5.75 Å². The van der Waals surface area contributed by atoms with Gasteiger partial charge in [0.25, 0.3) is 0 Å². The minimum Gasteiger partial charge on any atom is -0.490 e. The molecule has 0 N–H and O–H groups in total. The lowest BCUT2D eigenvalue weighted by molar-refractivity contribution is -0.385. The number of hydrogen-bond donors (Lipinski definition) is 0. The number of ketones is 1. The average Bonchev–Trinajstić information content (AvgIpc) is 2.26. The molecule has 0 aliphatic rings. The Bertz CT molecular complexity index is 434. The van der Waals surface area contributed by atoms with Gasteiger partial charge in [0, 0.05) is 11.6 Å². The number of Topliss-reactive ketones (excluding diaryl/α,β-unsaturated/α-hetero) is 1. The molecule has 1 rings (SSSR count). The molecule has 0 saturated heterocycles. The Hall–Kier alpha value is -1.33. The van der Waals surface area contributed by atoms with Crippen LogP contribution in [0, 0.1) is 10.1 Å². The summed E-state index contributed by atoms with van der Waals surface area (Å²) in [7, 11) is 1.30. The van der Waals surface area contributed by atoms with Gasteiger partial charge in [0.1, 0.15) is 0 Å². The first-order valence-corrected chi connectivity index (χ1v) is 4.99. The summed E-state index contributed by atoms with van der Waals surface area (Å²) in [6, 6.07) is 3.77. The third-order valence-electron chi connectivity index (χ3n) is 1.86. The third-order valence-corrected chi connectivity index (χ3v) is 2.25. The van der Waals surface area contributed by atoms with Crippen LogP contribution in [0.3, 0.4) is 0 Å². The van der Waals surface area contributed by atoms with Crippen LogP contribution in [0.2, 0.25) is 0 Å². The monoisotopic (exact) mass is 263 g/mol. The van der Waals surface area contributed by atoms with E-state index in [-0.39, 0.29) is 17.0 Å². The van der Waals surface area contributed by atoms with E-state index in [4.69, 9.17) is 27.9 Å². The van der Waals surface area contributed by atoms with Crippen LogP contribution in [-0.4, -0.2) is 22.7 Å². The predicted molar refractivity (Wildman–Crippen MR) is 59.5 cm³/mol. The Morgan fingerprint density at radius 2 is 2.12 bits per heavy atom. The molecule has 86 valence electrons. The number of ether oxygens (including phenoxy) is 1. The van der Waals surface area contributed by atoms with Crippen LogP contribution < -0.4 is 4.74 Å². The molecule has 1 aromatic carbocycles. The van der Waals surface area contributed by atoms with E-state index in [0.29, 0.717) is 0 Å². The van der Waals surface area contributed by atoms with E-state index in [9.17, 15) is 14.9 Å². The van der Waals surface area contributed by atoms with E-state index in [1.807, 2.05) is 0 Å². The zero-order chi connectivity index (χ0) is 12.3. The quantitative estimate of drug-likeness (QED) is 0.362.